The van der Waals surface area contributed by atoms with Crippen molar-refractivity contribution in [3.63, 3.8) is 0 Å². The number of alkyl halides is 3. The molecule has 7 heteroatoms. The lowest BCUT2D eigenvalue weighted by molar-refractivity contribution is -0.141. The van der Waals surface area contributed by atoms with Gasteiger partial charge in [0.2, 0.25) is 0 Å². The minimum atomic E-state index is -4.41. The largest absolute Gasteiger partial charge is 0.433 e. The molecular weight excluding hydrogens is 269 g/mol. The van der Waals surface area contributed by atoms with Gasteiger partial charge in [0.05, 0.1) is 30.1 Å². The Morgan fingerprint density at radius 2 is 2.10 bits per heavy atom. The molecule has 1 aliphatic heterocycles. The van der Waals surface area contributed by atoms with Crippen LogP contribution in [0.2, 0.25) is 0 Å². The van der Waals surface area contributed by atoms with Crippen molar-refractivity contribution in [1.82, 2.24) is 19.9 Å². The lowest BCUT2D eigenvalue weighted by atomic mass is 10.1. The summed E-state index contributed by atoms with van der Waals surface area (Å²) in [4.78, 5) is 7.57. The number of hydrogen-bond acceptors (Lipinski definition) is 3. The summed E-state index contributed by atoms with van der Waals surface area (Å²) in [5.41, 5.74) is 0.644. The van der Waals surface area contributed by atoms with Crippen molar-refractivity contribution in [3.05, 3.63) is 42.2 Å². The molecule has 2 aromatic heterocycles. The van der Waals surface area contributed by atoms with E-state index in [4.69, 9.17) is 0 Å². The zero-order valence-electron chi connectivity index (χ0n) is 10.6. The number of pyridine rings is 1. The third kappa shape index (κ3) is 2.40. The number of halogens is 3. The van der Waals surface area contributed by atoms with Crippen LogP contribution in [0.3, 0.4) is 0 Å². The molecular formula is C13H13F3N4. The first-order chi connectivity index (χ1) is 9.55. The van der Waals surface area contributed by atoms with Gasteiger partial charge in [-0.1, -0.05) is 0 Å². The fraction of sp³-hybridized carbons (Fsp3) is 0.385. The maximum absolute atomic E-state index is 12.5. The maximum Gasteiger partial charge on any atom is 0.433 e. The number of aromatic nitrogens is 3. The number of rotatable bonds is 2. The van der Waals surface area contributed by atoms with Crippen molar-refractivity contribution in [2.24, 2.45) is 0 Å². The highest BCUT2D eigenvalue weighted by molar-refractivity contribution is 5.33. The van der Waals surface area contributed by atoms with E-state index in [-0.39, 0.29) is 6.04 Å². The summed E-state index contributed by atoms with van der Waals surface area (Å²) >= 11 is 0. The minimum absolute atomic E-state index is 0.194. The van der Waals surface area contributed by atoms with E-state index >= 15 is 0 Å². The molecule has 1 aliphatic rings. The predicted octanol–water partition coefficient (Wildman–Crippen LogP) is 2.71. The molecule has 106 valence electrons. The Kier molecular flexibility index (Phi) is 3.21. The topological polar surface area (TPSA) is 42.7 Å². The van der Waals surface area contributed by atoms with Gasteiger partial charge in [-0.2, -0.15) is 13.2 Å². The van der Waals surface area contributed by atoms with Gasteiger partial charge in [-0.15, -0.1) is 0 Å². The Balaban J connectivity index is 1.92. The van der Waals surface area contributed by atoms with Gasteiger partial charge in [0.1, 0.15) is 5.69 Å². The first-order valence-corrected chi connectivity index (χ1v) is 6.35. The van der Waals surface area contributed by atoms with E-state index in [9.17, 15) is 13.2 Å². The van der Waals surface area contributed by atoms with Crippen molar-refractivity contribution in [3.8, 4) is 5.69 Å². The minimum Gasteiger partial charge on any atom is -0.309 e. The zero-order chi connectivity index (χ0) is 14.2. The standard InChI is InChI=1S/C13H13F3N4/c14-13(15,16)12-4-3-9(6-19-12)20-8-17-7-11(20)10-2-1-5-18-10/h3-4,6-8,10,18H,1-2,5H2. The van der Waals surface area contributed by atoms with Crippen LogP contribution in [-0.4, -0.2) is 21.1 Å². The molecule has 2 aromatic rings. The molecule has 3 rings (SSSR count). The van der Waals surface area contributed by atoms with Gasteiger partial charge in [0.25, 0.3) is 0 Å². The highest BCUT2D eigenvalue weighted by Crippen LogP contribution is 2.29. The first kappa shape index (κ1) is 13.1. The summed E-state index contributed by atoms with van der Waals surface area (Å²) in [5, 5.41) is 3.34. The van der Waals surface area contributed by atoms with Crippen molar-refractivity contribution < 1.29 is 13.2 Å². The van der Waals surface area contributed by atoms with E-state index < -0.39 is 11.9 Å². The third-order valence-electron chi connectivity index (χ3n) is 3.40. The van der Waals surface area contributed by atoms with Crippen LogP contribution in [-0.2, 0) is 6.18 Å². The Bertz CT molecular complexity index is 582. The second-order valence-corrected chi connectivity index (χ2v) is 4.74. The monoisotopic (exact) mass is 282 g/mol. The number of nitrogens with one attached hydrogen (secondary N) is 1. The lowest BCUT2D eigenvalue weighted by Gasteiger charge is -2.14. The van der Waals surface area contributed by atoms with Crippen LogP contribution < -0.4 is 5.32 Å². The van der Waals surface area contributed by atoms with Crippen LogP contribution in [0.4, 0.5) is 13.2 Å². The molecule has 20 heavy (non-hydrogen) atoms. The van der Waals surface area contributed by atoms with Gasteiger partial charge in [0.15, 0.2) is 0 Å². The van der Waals surface area contributed by atoms with Crippen LogP contribution in [0, 0.1) is 0 Å². The smallest absolute Gasteiger partial charge is 0.309 e. The van der Waals surface area contributed by atoms with E-state index in [0.717, 1.165) is 31.1 Å². The quantitative estimate of drug-likeness (QED) is 0.921. The van der Waals surface area contributed by atoms with Gasteiger partial charge in [-0.25, -0.2) is 9.97 Å². The predicted molar refractivity (Wildman–Crippen MR) is 66.3 cm³/mol. The summed E-state index contributed by atoms with van der Waals surface area (Å²) < 4.78 is 39.3. The van der Waals surface area contributed by atoms with E-state index in [1.807, 2.05) is 0 Å². The number of imidazole rings is 1. The molecule has 0 bridgehead atoms. The molecule has 0 saturated carbocycles. The van der Waals surface area contributed by atoms with Crippen LogP contribution in [0.25, 0.3) is 5.69 Å². The summed E-state index contributed by atoms with van der Waals surface area (Å²) in [6, 6.07) is 2.59. The van der Waals surface area contributed by atoms with Gasteiger partial charge < -0.3 is 9.88 Å². The summed E-state index contributed by atoms with van der Waals surface area (Å²) in [7, 11) is 0. The molecule has 0 amide bonds. The molecule has 1 saturated heterocycles. The molecule has 0 radical (unpaired) electrons. The Hall–Kier alpha value is -1.89. The maximum atomic E-state index is 12.5. The van der Waals surface area contributed by atoms with Crippen LogP contribution in [0.5, 0.6) is 0 Å². The lowest BCUT2D eigenvalue weighted by Crippen LogP contribution is -2.16. The highest BCUT2D eigenvalue weighted by atomic mass is 19.4. The van der Waals surface area contributed by atoms with Crippen molar-refractivity contribution in [2.45, 2.75) is 25.1 Å². The number of nitrogens with zero attached hydrogens (tertiary/aromatic N) is 3. The highest BCUT2D eigenvalue weighted by Gasteiger charge is 2.32. The van der Waals surface area contributed by atoms with E-state index in [2.05, 4.69) is 15.3 Å². The molecule has 0 aliphatic carbocycles. The van der Waals surface area contributed by atoms with Gasteiger partial charge in [0, 0.05) is 6.04 Å². The van der Waals surface area contributed by atoms with E-state index in [1.54, 1.807) is 17.1 Å². The molecule has 0 spiro atoms. The molecule has 1 N–H and O–H groups in total. The Morgan fingerprint density at radius 3 is 2.70 bits per heavy atom. The van der Waals surface area contributed by atoms with Crippen LogP contribution in [0.1, 0.15) is 30.3 Å². The summed E-state index contributed by atoms with van der Waals surface area (Å²) in [5.74, 6) is 0. The molecule has 1 unspecified atom stereocenters. The SMILES string of the molecule is FC(F)(F)c1ccc(-n2cncc2C2CCCN2)cn1. The average molecular weight is 282 g/mol. The second-order valence-electron chi connectivity index (χ2n) is 4.74. The summed E-state index contributed by atoms with van der Waals surface area (Å²) in [6.45, 7) is 0.946. The normalized spacial score (nSPS) is 19.4. The fourth-order valence-corrected chi connectivity index (χ4v) is 2.41. The van der Waals surface area contributed by atoms with Gasteiger partial charge >= 0.3 is 6.18 Å². The second kappa shape index (κ2) is 4.90. The van der Waals surface area contributed by atoms with E-state index in [0.29, 0.717) is 5.69 Å². The fourth-order valence-electron chi connectivity index (χ4n) is 2.41. The molecule has 4 nitrogen and oxygen atoms in total. The first-order valence-electron chi connectivity index (χ1n) is 6.35. The van der Waals surface area contributed by atoms with Crippen molar-refractivity contribution in [1.29, 1.82) is 0 Å². The Morgan fingerprint density at radius 1 is 1.25 bits per heavy atom. The van der Waals surface area contributed by atoms with E-state index in [1.165, 1.54) is 12.3 Å². The number of hydrogen-bond donors (Lipinski definition) is 1. The van der Waals surface area contributed by atoms with Crippen molar-refractivity contribution >= 4 is 0 Å². The summed E-state index contributed by atoms with van der Waals surface area (Å²) in [6.07, 6.45) is 2.23. The molecule has 3 heterocycles. The molecule has 1 atom stereocenters. The third-order valence-corrected chi connectivity index (χ3v) is 3.40. The van der Waals surface area contributed by atoms with Gasteiger partial charge in [-0.05, 0) is 31.5 Å². The molecule has 1 fully saturated rings. The van der Waals surface area contributed by atoms with Crippen LogP contribution in [0.15, 0.2) is 30.9 Å². The zero-order valence-corrected chi connectivity index (χ0v) is 10.6. The van der Waals surface area contributed by atoms with Crippen molar-refractivity contribution in [2.75, 3.05) is 6.54 Å². The van der Waals surface area contributed by atoms with Crippen LogP contribution >= 0.6 is 0 Å². The van der Waals surface area contributed by atoms with Gasteiger partial charge in [-0.3, -0.25) is 0 Å². The molecule has 0 aromatic carbocycles. The average Bonchev–Trinajstić information content (AvgIpc) is 3.08. The Labute approximate surface area is 113 Å².